The van der Waals surface area contributed by atoms with Crippen LogP contribution < -0.4 is 21.5 Å². The first-order chi connectivity index (χ1) is 18.4. The summed E-state index contributed by atoms with van der Waals surface area (Å²) in [5, 5.41) is 3.43. The molecule has 0 saturated heterocycles. The zero-order valence-electron chi connectivity index (χ0n) is 20.4. The minimum atomic E-state index is -4.93. The summed E-state index contributed by atoms with van der Waals surface area (Å²) in [5.74, 6) is 0.131. The van der Waals surface area contributed by atoms with Gasteiger partial charge in [0, 0.05) is 17.7 Å². The second-order valence-corrected chi connectivity index (χ2v) is 10.6. The number of nitrogen functional groups attached to an aromatic ring is 2. The molecule has 1 amide bonds. The smallest absolute Gasteiger partial charge is 0.332 e. The Morgan fingerprint density at radius 3 is 2.38 bits per heavy atom. The number of nitrogens with zero attached hydrogens (tertiary/aromatic N) is 2. The van der Waals surface area contributed by atoms with Crippen LogP contribution in [0.1, 0.15) is 27.2 Å². The number of nitrogens with two attached hydrogens (primary N) is 2. The average molecular weight is 590 g/mol. The van der Waals surface area contributed by atoms with Gasteiger partial charge in [-0.3, -0.25) is 4.79 Å². The Kier molecular flexibility index (Phi) is 8.24. The van der Waals surface area contributed by atoms with E-state index in [0.29, 0.717) is 38.2 Å². The topological polar surface area (TPSA) is 150 Å². The van der Waals surface area contributed by atoms with E-state index in [1.54, 1.807) is 49.4 Å². The van der Waals surface area contributed by atoms with Crippen LogP contribution in [0.3, 0.4) is 0 Å². The van der Waals surface area contributed by atoms with Crippen LogP contribution in [0.2, 0.25) is 10.0 Å². The number of hydrogen-bond acceptors (Lipinski definition) is 8. The highest BCUT2D eigenvalue weighted by Gasteiger charge is 2.18. The van der Waals surface area contributed by atoms with Crippen molar-refractivity contribution < 1.29 is 21.8 Å². The lowest BCUT2D eigenvalue weighted by atomic mass is 10.0. The molecule has 39 heavy (non-hydrogen) atoms. The molecule has 0 saturated carbocycles. The molecule has 0 atom stereocenters. The molecule has 202 valence electrons. The Morgan fingerprint density at radius 2 is 1.72 bits per heavy atom. The SMILES string of the molecule is Cc1ccc(S(=O)(=O)F)cc1C(=O)NCc1ccc(OCc2nc(N)nc(N)c2-c2ccc(Cl)c(Cl)c2)cc1. The molecule has 0 aliphatic rings. The Morgan fingerprint density at radius 1 is 1.00 bits per heavy atom. The number of hydrogen-bond donors (Lipinski definition) is 3. The number of carbonyl (C=O) groups is 1. The number of aromatic nitrogens is 2. The van der Waals surface area contributed by atoms with Crippen molar-refractivity contribution in [3.8, 4) is 16.9 Å². The van der Waals surface area contributed by atoms with Gasteiger partial charge in [0.15, 0.2) is 0 Å². The van der Waals surface area contributed by atoms with E-state index in [1.165, 1.54) is 6.07 Å². The Balaban J connectivity index is 1.44. The number of nitrogens with one attached hydrogen (secondary N) is 1. The number of halogens is 3. The number of amides is 1. The van der Waals surface area contributed by atoms with E-state index < -0.39 is 21.0 Å². The van der Waals surface area contributed by atoms with Crippen LogP contribution in [0.4, 0.5) is 15.7 Å². The van der Waals surface area contributed by atoms with Crippen molar-refractivity contribution in [3.05, 3.63) is 93.1 Å². The summed E-state index contributed by atoms with van der Waals surface area (Å²) in [7, 11) is -4.93. The van der Waals surface area contributed by atoms with Crippen molar-refractivity contribution >= 4 is 51.1 Å². The van der Waals surface area contributed by atoms with Gasteiger partial charge >= 0.3 is 10.2 Å². The van der Waals surface area contributed by atoms with Gasteiger partial charge in [-0.15, -0.1) is 3.89 Å². The van der Waals surface area contributed by atoms with E-state index in [9.17, 15) is 17.1 Å². The van der Waals surface area contributed by atoms with Crippen molar-refractivity contribution in [2.45, 2.75) is 25.0 Å². The number of anilines is 2. The molecular formula is C26H22Cl2FN5O4S. The maximum Gasteiger partial charge on any atom is 0.332 e. The fourth-order valence-corrected chi connectivity index (χ4v) is 4.53. The van der Waals surface area contributed by atoms with E-state index in [4.69, 9.17) is 39.4 Å². The third-order valence-electron chi connectivity index (χ3n) is 5.72. The van der Waals surface area contributed by atoms with Crippen LogP contribution in [-0.2, 0) is 23.4 Å². The monoisotopic (exact) mass is 589 g/mol. The van der Waals surface area contributed by atoms with E-state index in [-0.39, 0.29) is 30.5 Å². The lowest BCUT2D eigenvalue weighted by molar-refractivity contribution is 0.0950. The molecule has 13 heteroatoms. The van der Waals surface area contributed by atoms with E-state index >= 15 is 0 Å². The van der Waals surface area contributed by atoms with Crippen molar-refractivity contribution in [2.24, 2.45) is 0 Å². The van der Waals surface area contributed by atoms with Gasteiger partial charge < -0.3 is 21.5 Å². The van der Waals surface area contributed by atoms with Gasteiger partial charge in [0.05, 0.1) is 20.6 Å². The quantitative estimate of drug-likeness (QED) is 0.240. The second-order valence-electron chi connectivity index (χ2n) is 8.45. The summed E-state index contributed by atoms with van der Waals surface area (Å²) < 4.78 is 41.6. The Labute approximate surface area is 234 Å². The first-order valence-electron chi connectivity index (χ1n) is 11.3. The summed E-state index contributed by atoms with van der Waals surface area (Å²) >= 11 is 12.2. The molecule has 0 aliphatic carbocycles. The number of carbonyl (C=O) groups excluding carboxylic acids is 1. The lowest BCUT2D eigenvalue weighted by Gasteiger charge is -2.14. The highest BCUT2D eigenvalue weighted by atomic mass is 35.5. The predicted octanol–water partition coefficient (Wildman–Crippen LogP) is 5.09. The van der Waals surface area contributed by atoms with Crippen LogP contribution in [0.25, 0.3) is 11.1 Å². The summed E-state index contributed by atoms with van der Waals surface area (Å²) in [6.07, 6.45) is 0. The standard InChI is InChI=1S/C26H22Cl2FN5O4S/c1-14-2-8-18(39(29,36)37)11-19(14)25(35)32-12-15-3-6-17(7-4-15)38-13-22-23(24(30)34-26(31)33-22)16-5-9-20(27)21(28)10-16/h2-11H,12-13H2,1H3,(H,32,35)(H4,30,31,33,34). The van der Waals surface area contributed by atoms with Gasteiger partial charge in [-0.1, -0.05) is 47.5 Å². The highest BCUT2D eigenvalue weighted by molar-refractivity contribution is 7.86. The molecule has 0 bridgehead atoms. The van der Waals surface area contributed by atoms with Crippen molar-refractivity contribution in [1.29, 1.82) is 0 Å². The van der Waals surface area contributed by atoms with E-state index in [1.807, 2.05) is 0 Å². The first-order valence-corrected chi connectivity index (χ1v) is 13.5. The number of rotatable bonds is 8. The van der Waals surface area contributed by atoms with Crippen LogP contribution in [0.5, 0.6) is 5.75 Å². The number of benzene rings is 3. The molecule has 5 N–H and O–H groups in total. The molecule has 3 aromatic carbocycles. The summed E-state index contributed by atoms with van der Waals surface area (Å²) in [4.78, 5) is 20.3. The van der Waals surface area contributed by atoms with Crippen LogP contribution >= 0.6 is 23.2 Å². The zero-order chi connectivity index (χ0) is 28.3. The third-order valence-corrected chi connectivity index (χ3v) is 7.28. The van der Waals surface area contributed by atoms with Crippen molar-refractivity contribution in [3.63, 3.8) is 0 Å². The zero-order valence-corrected chi connectivity index (χ0v) is 22.7. The second kappa shape index (κ2) is 11.4. The molecule has 0 aliphatic heterocycles. The molecule has 0 spiro atoms. The molecule has 0 radical (unpaired) electrons. The lowest BCUT2D eigenvalue weighted by Crippen LogP contribution is -2.23. The molecule has 1 heterocycles. The Hall–Kier alpha value is -3.93. The van der Waals surface area contributed by atoms with Crippen LogP contribution in [0.15, 0.2) is 65.6 Å². The summed E-state index contributed by atoms with van der Waals surface area (Å²) in [5.41, 5.74) is 14.9. The van der Waals surface area contributed by atoms with Gasteiger partial charge in [0.1, 0.15) is 18.2 Å². The predicted molar refractivity (Wildman–Crippen MR) is 148 cm³/mol. The van der Waals surface area contributed by atoms with Crippen LogP contribution in [0, 0.1) is 6.92 Å². The molecule has 0 unspecified atom stereocenters. The molecule has 4 rings (SSSR count). The Bertz CT molecular complexity index is 1670. The van der Waals surface area contributed by atoms with Crippen LogP contribution in [-0.4, -0.2) is 24.3 Å². The molecular weight excluding hydrogens is 568 g/mol. The van der Waals surface area contributed by atoms with Gasteiger partial charge in [-0.25, -0.2) is 4.98 Å². The van der Waals surface area contributed by atoms with Gasteiger partial charge in [0.25, 0.3) is 5.91 Å². The summed E-state index contributed by atoms with van der Waals surface area (Å²) in [6, 6.07) is 15.4. The van der Waals surface area contributed by atoms with E-state index in [2.05, 4.69) is 15.3 Å². The maximum atomic E-state index is 13.3. The highest BCUT2D eigenvalue weighted by Crippen LogP contribution is 2.33. The molecule has 9 nitrogen and oxygen atoms in total. The molecule has 1 aromatic heterocycles. The normalized spacial score (nSPS) is 11.3. The number of ether oxygens (including phenoxy) is 1. The minimum absolute atomic E-state index is 0.00844. The minimum Gasteiger partial charge on any atom is -0.487 e. The molecule has 4 aromatic rings. The largest absolute Gasteiger partial charge is 0.487 e. The van der Waals surface area contributed by atoms with Gasteiger partial charge in [-0.2, -0.15) is 13.4 Å². The van der Waals surface area contributed by atoms with Crippen molar-refractivity contribution in [1.82, 2.24) is 15.3 Å². The van der Waals surface area contributed by atoms with Gasteiger partial charge in [0.2, 0.25) is 5.95 Å². The summed E-state index contributed by atoms with van der Waals surface area (Å²) in [6.45, 7) is 1.79. The third kappa shape index (κ3) is 6.75. The fraction of sp³-hybridized carbons (Fsp3) is 0.115. The van der Waals surface area contributed by atoms with E-state index in [0.717, 1.165) is 17.7 Å². The first kappa shape index (κ1) is 28.1. The molecule has 0 fully saturated rings. The number of aryl methyl sites for hydroxylation is 1. The van der Waals surface area contributed by atoms with Crippen molar-refractivity contribution in [2.75, 3.05) is 11.5 Å². The fourth-order valence-electron chi connectivity index (χ4n) is 3.75. The maximum absolute atomic E-state index is 13.3. The van der Waals surface area contributed by atoms with Gasteiger partial charge in [-0.05, 0) is 60.0 Å². The average Bonchev–Trinajstić information content (AvgIpc) is 2.87.